The van der Waals surface area contributed by atoms with Gasteiger partial charge in [-0.15, -0.1) is 0 Å². The van der Waals surface area contributed by atoms with Gasteiger partial charge >= 0.3 is 12.0 Å². The van der Waals surface area contributed by atoms with Gasteiger partial charge in [0.25, 0.3) is 5.91 Å². The molecular weight excluding hydrogens is 282 g/mol. The molecule has 2 aliphatic rings. The molecule has 21 heavy (non-hydrogen) atoms. The van der Waals surface area contributed by atoms with Crippen molar-refractivity contribution in [2.45, 2.75) is 25.0 Å². The van der Waals surface area contributed by atoms with Gasteiger partial charge in [0.05, 0.1) is 13.2 Å². The van der Waals surface area contributed by atoms with Gasteiger partial charge in [-0.05, 0) is 6.42 Å². The molecule has 9 nitrogen and oxygen atoms in total. The number of imide groups is 1. The lowest BCUT2D eigenvalue weighted by Crippen LogP contribution is -2.58. The van der Waals surface area contributed by atoms with E-state index in [-0.39, 0.29) is 38.4 Å². The lowest BCUT2D eigenvalue weighted by atomic mass is 10.1. The zero-order chi connectivity index (χ0) is 15.6. The fourth-order valence-corrected chi connectivity index (χ4v) is 2.27. The van der Waals surface area contributed by atoms with E-state index in [4.69, 9.17) is 9.84 Å². The number of amides is 4. The average molecular weight is 299 g/mol. The fraction of sp³-hybridized carbons (Fsp3) is 0.667. The first-order valence-corrected chi connectivity index (χ1v) is 6.60. The maximum Gasteiger partial charge on any atom is 0.334 e. The van der Waals surface area contributed by atoms with Crippen LogP contribution in [0.2, 0.25) is 0 Å². The van der Waals surface area contributed by atoms with E-state index in [2.05, 4.69) is 5.32 Å². The molecule has 0 bridgehead atoms. The van der Waals surface area contributed by atoms with Gasteiger partial charge in [0.1, 0.15) is 6.04 Å². The number of hydrogen-bond acceptors (Lipinski definition) is 5. The highest BCUT2D eigenvalue weighted by molar-refractivity contribution is 6.01. The Labute approximate surface area is 120 Å². The van der Waals surface area contributed by atoms with E-state index < -0.39 is 30.1 Å². The predicted molar refractivity (Wildman–Crippen MR) is 68.3 cm³/mol. The van der Waals surface area contributed by atoms with E-state index in [0.717, 1.165) is 4.90 Å². The van der Waals surface area contributed by atoms with E-state index in [1.165, 1.54) is 11.9 Å². The van der Waals surface area contributed by atoms with E-state index in [1.54, 1.807) is 0 Å². The van der Waals surface area contributed by atoms with E-state index in [1.807, 2.05) is 0 Å². The van der Waals surface area contributed by atoms with Crippen molar-refractivity contribution in [2.75, 3.05) is 26.7 Å². The van der Waals surface area contributed by atoms with Gasteiger partial charge in [0, 0.05) is 20.0 Å². The van der Waals surface area contributed by atoms with Crippen molar-refractivity contribution >= 4 is 23.8 Å². The second kappa shape index (κ2) is 6.08. The molecule has 0 aliphatic carbocycles. The molecule has 2 N–H and O–H groups in total. The third kappa shape index (κ3) is 3.30. The number of aliphatic carboxylic acids is 1. The number of rotatable bonds is 2. The third-order valence-electron chi connectivity index (χ3n) is 3.58. The van der Waals surface area contributed by atoms with Crippen molar-refractivity contribution in [3.8, 4) is 0 Å². The van der Waals surface area contributed by atoms with Crippen LogP contribution in [-0.2, 0) is 19.1 Å². The van der Waals surface area contributed by atoms with Crippen LogP contribution in [0.4, 0.5) is 4.79 Å². The van der Waals surface area contributed by atoms with Crippen LogP contribution in [0.1, 0.15) is 12.8 Å². The Morgan fingerprint density at radius 3 is 2.76 bits per heavy atom. The third-order valence-corrected chi connectivity index (χ3v) is 3.58. The lowest BCUT2D eigenvalue weighted by Gasteiger charge is -2.33. The summed E-state index contributed by atoms with van der Waals surface area (Å²) in [6.07, 6.45) is -0.620. The van der Waals surface area contributed by atoms with Gasteiger partial charge in [-0.3, -0.25) is 14.5 Å². The Balaban J connectivity index is 1.93. The van der Waals surface area contributed by atoms with Gasteiger partial charge < -0.3 is 20.1 Å². The molecule has 2 atom stereocenters. The SMILES string of the molecule is CN1C(=O)CCC(NC(=O)N2CCOC(C(=O)O)C2)C1=O. The first-order chi connectivity index (χ1) is 9.90. The largest absolute Gasteiger partial charge is 0.479 e. The molecule has 2 fully saturated rings. The highest BCUT2D eigenvalue weighted by Gasteiger charge is 2.35. The Morgan fingerprint density at radius 2 is 2.10 bits per heavy atom. The fourth-order valence-electron chi connectivity index (χ4n) is 2.27. The topological polar surface area (TPSA) is 116 Å². The van der Waals surface area contributed by atoms with Gasteiger partial charge in [0.2, 0.25) is 5.91 Å². The molecule has 9 heteroatoms. The maximum absolute atomic E-state index is 12.1. The molecule has 0 aromatic carbocycles. The lowest BCUT2D eigenvalue weighted by molar-refractivity contribution is -0.155. The van der Waals surface area contributed by atoms with Crippen LogP contribution < -0.4 is 5.32 Å². The summed E-state index contributed by atoms with van der Waals surface area (Å²) in [6, 6.07) is -1.28. The molecule has 0 aromatic heterocycles. The van der Waals surface area contributed by atoms with Crippen molar-refractivity contribution in [1.29, 1.82) is 0 Å². The van der Waals surface area contributed by atoms with Crippen molar-refractivity contribution in [3.05, 3.63) is 0 Å². The second-order valence-electron chi connectivity index (χ2n) is 4.98. The first kappa shape index (κ1) is 15.2. The minimum absolute atomic E-state index is 0.0726. The van der Waals surface area contributed by atoms with Gasteiger partial charge in [0.15, 0.2) is 6.10 Å². The molecule has 0 aromatic rings. The molecule has 4 amide bonds. The molecule has 0 radical (unpaired) electrons. The van der Waals surface area contributed by atoms with Crippen LogP contribution >= 0.6 is 0 Å². The molecular formula is C12H17N3O6. The number of urea groups is 1. The summed E-state index contributed by atoms with van der Waals surface area (Å²) in [4.78, 5) is 48.5. The molecule has 2 rings (SSSR count). The number of carboxylic acids is 1. The summed E-state index contributed by atoms with van der Waals surface area (Å²) >= 11 is 0. The second-order valence-corrected chi connectivity index (χ2v) is 4.98. The quantitative estimate of drug-likeness (QED) is 0.608. The highest BCUT2D eigenvalue weighted by atomic mass is 16.5. The van der Waals surface area contributed by atoms with Crippen molar-refractivity contribution < 1.29 is 29.0 Å². The summed E-state index contributed by atoms with van der Waals surface area (Å²) < 4.78 is 5.02. The summed E-state index contributed by atoms with van der Waals surface area (Å²) in [5, 5.41) is 11.4. The molecule has 0 saturated carbocycles. The van der Waals surface area contributed by atoms with Gasteiger partial charge in [-0.2, -0.15) is 0 Å². The summed E-state index contributed by atoms with van der Waals surface area (Å²) in [5.74, 6) is -1.86. The number of morpholine rings is 1. The Bertz CT molecular complexity index is 480. The standard InChI is InChI=1S/C12H17N3O6/c1-14-9(16)3-2-7(10(14)17)13-12(20)15-4-5-21-8(6-15)11(18)19/h7-8H,2-6H2,1H3,(H,13,20)(H,18,19). The monoisotopic (exact) mass is 299 g/mol. The molecule has 0 spiro atoms. The number of likely N-dealkylation sites (tertiary alicyclic amines) is 1. The maximum atomic E-state index is 12.1. The van der Waals surface area contributed by atoms with Crippen molar-refractivity contribution in [2.24, 2.45) is 0 Å². The van der Waals surface area contributed by atoms with Crippen LogP contribution in [-0.4, -0.2) is 77.6 Å². The average Bonchev–Trinajstić information content (AvgIpc) is 2.48. The molecule has 2 heterocycles. The van der Waals surface area contributed by atoms with Gasteiger partial charge in [-0.1, -0.05) is 0 Å². The number of carboxylic acid groups (broad SMARTS) is 1. The summed E-state index contributed by atoms with van der Waals surface area (Å²) in [5.41, 5.74) is 0. The number of carbonyl (C=O) groups is 4. The minimum atomic E-state index is -1.13. The zero-order valence-electron chi connectivity index (χ0n) is 11.6. The van der Waals surface area contributed by atoms with Crippen molar-refractivity contribution in [3.63, 3.8) is 0 Å². The Hall–Kier alpha value is -2.16. The van der Waals surface area contributed by atoms with E-state index in [9.17, 15) is 19.2 Å². The van der Waals surface area contributed by atoms with E-state index in [0.29, 0.717) is 0 Å². The van der Waals surface area contributed by atoms with E-state index >= 15 is 0 Å². The van der Waals surface area contributed by atoms with Crippen LogP contribution in [0.5, 0.6) is 0 Å². The molecule has 2 saturated heterocycles. The predicted octanol–water partition coefficient (Wildman–Crippen LogP) is -1.37. The number of hydrogen-bond donors (Lipinski definition) is 2. The van der Waals surface area contributed by atoms with Crippen LogP contribution in [0.25, 0.3) is 0 Å². The number of carbonyl (C=O) groups excluding carboxylic acids is 3. The molecule has 2 aliphatic heterocycles. The number of nitrogens with zero attached hydrogens (tertiary/aromatic N) is 2. The van der Waals surface area contributed by atoms with Crippen LogP contribution in [0, 0.1) is 0 Å². The summed E-state index contributed by atoms with van der Waals surface area (Å²) in [7, 11) is 1.37. The number of ether oxygens (including phenoxy) is 1. The number of piperidine rings is 1. The Kier molecular flexibility index (Phi) is 4.41. The first-order valence-electron chi connectivity index (χ1n) is 6.60. The highest BCUT2D eigenvalue weighted by Crippen LogP contribution is 2.13. The van der Waals surface area contributed by atoms with Crippen LogP contribution in [0.15, 0.2) is 0 Å². The smallest absolute Gasteiger partial charge is 0.334 e. The number of likely N-dealkylation sites (N-methyl/N-ethyl adjacent to an activating group) is 1. The number of nitrogens with one attached hydrogen (secondary N) is 1. The van der Waals surface area contributed by atoms with Crippen LogP contribution in [0.3, 0.4) is 0 Å². The summed E-state index contributed by atoms with van der Waals surface area (Å²) in [6.45, 7) is 0.309. The Morgan fingerprint density at radius 1 is 1.38 bits per heavy atom. The minimum Gasteiger partial charge on any atom is -0.479 e. The molecule has 116 valence electrons. The zero-order valence-corrected chi connectivity index (χ0v) is 11.6. The normalized spacial score (nSPS) is 26.7. The van der Waals surface area contributed by atoms with Crippen molar-refractivity contribution in [1.82, 2.24) is 15.1 Å². The molecule has 2 unspecified atom stereocenters. The van der Waals surface area contributed by atoms with Gasteiger partial charge in [-0.25, -0.2) is 9.59 Å².